The molecular formula is C22H27FN2O3. The van der Waals surface area contributed by atoms with Gasteiger partial charge in [0.05, 0.1) is 0 Å². The monoisotopic (exact) mass is 386 g/mol. The molecule has 1 fully saturated rings. The standard InChI is InChI=1S/C22H27FN2O3/c1-17-6-8-21(9-7-17)28-16-20(26)15-24-10-3-11-25(13-12-24)22(27)18-4-2-5-19(23)14-18/h2,4-9,14,20,26H,3,10-13,15-16H2,1H3. The van der Waals surface area contributed by atoms with E-state index in [9.17, 15) is 14.3 Å². The van der Waals surface area contributed by atoms with Gasteiger partial charge in [-0.3, -0.25) is 9.69 Å². The van der Waals surface area contributed by atoms with Crippen LogP contribution >= 0.6 is 0 Å². The molecule has 1 atom stereocenters. The number of nitrogens with zero attached hydrogens (tertiary/aromatic N) is 2. The van der Waals surface area contributed by atoms with Crippen molar-refractivity contribution in [2.24, 2.45) is 0 Å². The van der Waals surface area contributed by atoms with Gasteiger partial charge in [0.25, 0.3) is 5.91 Å². The maximum absolute atomic E-state index is 13.4. The van der Waals surface area contributed by atoms with Crippen LogP contribution in [0.1, 0.15) is 22.3 Å². The Morgan fingerprint density at radius 2 is 1.93 bits per heavy atom. The summed E-state index contributed by atoms with van der Waals surface area (Å²) < 4.78 is 19.0. The van der Waals surface area contributed by atoms with Crippen molar-refractivity contribution in [3.05, 3.63) is 65.5 Å². The van der Waals surface area contributed by atoms with E-state index in [1.165, 1.54) is 12.1 Å². The van der Waals surface area contributed by atoms with E-state index in [2.05, 4.69) is 4.90 Å². The van der Waals surface area contributed by atoms with Crippen LogP contribution in [0.3, 0.4) is 0 Å². The number of aliphatic hydroxyl groups is 1. The molecule has 2 aromatic carbocycles. The van der Waals surface area contributed by atoms with E-state index < -0.39 is 11.9 Å². The van der Waals surface area contributed by atoms with Crippen LogP contribution in [0.2, 0.25) is 0 Å². The van der Waals surface area contributed by atoms with Gasteiger partial charge in [0, 0.05) is 31.7 Å². The third-order valence-corrected chi connectivity index (χ3v) is 4.88. The summed E-state index contributed by atoms with van der Waals surface area (Å²) in [6, 6.07) is 13.5. The van der Waals surface area contributed by atoms with E-state index in [0.717, 1.165) is 24.3 Å². The summed E-state index contributed by atoms with van der Waals surface area (Å²) in [6.07, 6.45) is 0.207. The predicted octanol–water partition coefficient (Wildman–Crippen LogP) is 2.72. The number of amides is 1. The summed E-state index contributed by atoms with van der Waals surface area (Å²) in [6.45, 7) is 5.39. The quantitative estimate of drug-likeness (QED) is 0.830. The molecule has 1 unspecified atom stereocenters. The average Bonchev–Trinajstić information content (AvgIpc) is 2.92. The van der Waals surface area contributed by atoms with Gasteiger partial charge in [-0.25, -0.2) is 4.39 Å². The highest BCUT2D eigenvalue weighted by atomic mass is 19.1. The minimum Gasteiger partial charge on any atom is -0.491 e. The highest BCUT2D eigenvalue weighted by Gasteiger charge is 2.22. The number of aliphatic hydroxyl groups excluding tert-OH is 1. The van der Waals surface area contributed by atoms with Gasteiger partial charge in [0.2, 0.25) is 0 Å². The van der Waals surface area contributed by atoms with Crippen LogP contribution in [0.5, 0.6) is 5.75 Å². The Balaban J connectivity index is 1.46. The molecule has 150 valence electrons. The van der Waals surface area contributed by atoms with Crippen molar-refractivity contribution in [3.63, 3.8) is 0 Å². The molecule has 0 aromatic heterocycles. The maximum Gasteiger partial charge on any atom is 0.254 e. The molecule has 5 nitrogen and oxygen atoms in total. The van der Waals surface area contributed by atoms with Crippen LogP contribution in [0, 0.1) is 12.7 Å². The van der Waals surface area contributed by atoms with E-state index >= 15 is 0 Å². The molecule has 0 saturated carbocycles. The van der Waals surface area contributed by atoms with Gasteiger partial charge in [0.15, 0.2) is 0 Å². The number of rotatable bonds is 6. The number of hydrogen-bond donors (Lipinski definition) is 1. The van der Waals surface area contributed by atoms with E-state index in [4.69, 9.17) is 4.74 Å². The molecule has 1 saturated heterocycles. The summed E-state index contributed by atoms with van der Waals surface area (Å²) in [5.41, 5.74) is 1.54. The van der Waals surface area contributed by atoms with Crippen molar-refractivity contribution in [1.29, 1.82) is 0 Å². The molecule has 6 heteroatoms. The van der Waals surface area contributed by atoms with Gasteiger partial charge >= 0.3 is 0 Å². The minimum atomic E-state index is -0.605. The van der Waals surface area contributed by atoms with Crippen molar-refractivity contribution in [2.45, 2.75) is 19.4 Å². The van der Waals surface area contributed by atoms with Gasteiger partial charge in [-0.2, -0.15) is 0 Å². The largest absolute Gasteiger partial charge is 0.491 e. The van der Waals surface area contributed by atoms with Crippen molar-refractivity contribution >= 4 is 5.91 Å². The molecule has 28 heavy (non-hydrogen) atoms. The number of halogens is 1. The Hall–Kier alpha value is -2.44. The number of aryl methyl sites for hydroxylation is 1. The first-order valence-corrected chi connectivity index (χ1v) is 9.66. The third kappa shape index (κ3) is 5.78. The summed E-state index contributed by atoms with van der Waals surface area (Å²) in [5.74, 6) is 0.191. The van der Waals surface area contributed by atoms with E-state index in [-0.39, 0.29) is 12.5 Å². The first-order chi connectivity index (χ1) is 13.5. The number of ether oxygens (including phenoxy) is 1. The van der Waals surface area contributed by atoms with E-state index in [0.29, 0.717) is 31.7 Å². The summed E-state index contributed by atoms with van der Waals surface area (Å²) in [4.78, 5) is 16.5. The molecule has 0 radical (unpaired) electrons. The zero-order valence-electron chi connectivity index (χ0n) is 16.2. The molecular weight excluding hydrogens is 359 g/mol. The number of benzene rings is 2. The summed E-state index contributed by atoms with van der Waals surface area (Å²) >= 11 is 0. The summed E-state index contributed by atoms with van der Waals surface area (Å²) in [5, 5.41) is 10.3. The topological polar surface area (TPSA) is 53.0 Å². The van der Waals surface area contributed by atoms with E-state index in [1.54, 1.807) is 17.0 Å². The smallest absolute Gasteiger partial charge is 0.254 e. The van der Waals surface area contributed by atoms with Crippen LogP contribution in [0.25, 0.3) is 0 Å². The molecule has 0 aliphatic carbocycles. The molecule has 1 heterocycles. The second-order valence-corrected chi connectivity index (χ2v) is 7.23. The third-order valence-electron chi connectivity index (χ3n) is 4.88. The molecule has 1 aliphatic heterocycles. The Kier molecular flexibility index (Phi) is 7.01. The molecule has 1 N–H and O–H groups in total. The number of carbonyl (C=O) groups is 1. The fourth-order valence-corrected chi connectivity index (χ4v) is 3.34. The highest BCUT2D eigenvalue weighted by molar-refractivity contribution is 5.94. The van der Waals surface area contributed by atoms with Crippen LogP contribution < -0.4 is 4.74 Å². The molecule has 0 spiro atoms. The van der Waals surface area contributed by atoms with Crippen LogP contribution in [0.4, 0.5) is 4.39 Å². The Labute approximate surface area is 165 Å². The minimum absolute atomic E-state index is 0.149. The first-order valence-electron chi connectivity index (χ1n) is 9.66. The van der Waals surface area contributed by atoms with Crippen LogP contribution in [0.15, 0.2) is 48.5 Å². The zero-order valence-corrected chi connectivity index (χ0v) is 16.2. The molecule has 1 amide bonds. The van der Waals surface area contributed by atoms with Crippen molar-refractivity contribution in [3.8, 4) is 5.75 Å². The van der Waals surface area contributed by atoms with Crippen LogP contribution in [-0.4, -0.2) is 66.2 Å². The first kappa shape index (κ1) is 20.3. The molecule has 1 aliphatic rings. The molecule has 2 aromatic rings. The average molecular weight is 386 g/mol. The number of carbonyl (C=O) groups excluding carboxylic acids is 1. The normalized spacial score (nSPS) is 16.5. The van der Waals surface area contributed by atoms with Crippen LogP contribution in [-0.2, 0) is 0 Å². The fraction of sp³-hybridized carbons (Fsp3) is 0.409. The maximum atomic E-state index is 13.4. The van der Waals surface area contributed by atoms with Crippen molar-refractivity contribution in [1.82, 2.24) is 9.80 Å². The number of β-amino-alcohol motifs (C(OH)–C–C–N with tert-alkyl or cyclic N) is 1. The van der Waals surface area contributed by atoms with Gasteiger partial charge < -0.3 is 14.7 Å². The predicted molar refractivity (Wildman–Crippen MR) is 106 cm³/mol. The Morgan fingerprint density at radius 3 is 2.68 bits per heavy atom. The van der Waals surface area contributed by atoms with Gasteiger partial charge in [0.1, 0.15) is 24.3 Å². The van der Waals surface area contributed by atoms with E-state index in [1.807, 2.05) is 31.2 Å². The zero-order chi connectivity index (χ0) is 19.9. The van der Waals surface area contributed by atoms with Crippen molar-refractivity contribution in [2.75, 3.05) is 39.3 Å². The highest BCUT2D eigenvalue weighted by Crippen LogP contribution is 2.13. The molecule has 3 rings (SSSR count). The van der Waals surface area contributed by atoms with Crippen molar-refractivity contribution < 1.29 is 19.0 Å². The van der Waals surface area contributed by atoms with Gasteiger partial charge in [-0.15, -0.1) is 0 Å². The Morgan fingerprint density at radius 1 is 1.14 bits per heavy atom. The lowest BCUT2D eigenvalue weighted by atomic mass is 10.2. The SMILES string of the molecule is Cc1ccc(OCC(O)CN2CCCN(C(=O)c3cccc(F)c3)CC2)cc1. The molecule has 0 bridgehead atoms. The lowest BCUT2D eigenvalue weighted by Crippen LogP contribution is -2.39. The fourth-order valence-electron chi connectivity index (χ4n) is 3.34. The lowest BCUT2D eigenvalue weighted by Gasteiger charge is -2.24. The second-order valence-electron chi connectivity index (χ2n) is 7.23. The van der Waals surface area contributed by atoms with Gasteiger partial charge in [-0.1, -0.05) is 23.8 Å². The second kappa shape index (κ2) is 9.66. The summed E-state index contributed by atoms with van der Waals surface area (Å²) in [7, 11) is 0. The van der Waals surface area contributed by atoms with Gasteiger partial charge in [-0.05, 0) is 50.2 Å². The number of hydrogen-bond acceptors (Lipinski definition) is 4. The Bertz CT molecular complexity index is 782. The lowest BCUT2D eigenvalue weighted by molar-refractivity contribution is 0.0670.